The Bertz CT molecular complexity index is 395. The Hall–Kier alpha value is 0.130. The van der Waals surface area contributed by atoms with E-state index in [0.717, 1.165) is 0 Å². The van der Waals surface area contributed by atoms with E-state index in [4.69, 9.17) is 37.7 Å². The maximum atomic E-state index is 8.84. The highest BCUT2D eigenvalue weighted by Crippen LogP contribution is 2.38. The third-order valence-corrected chi connectivity index (χ3v) is 3.03. The summed E-state index contributed by atoms with van der Waals surface area (Å²) in [4.78, 5) is 17.7. The highest BCUT2D eigenvalue weighted by atomic mass is 35.5. The van der Waals surface area contributed by atoms with Crippen molar-refractivity contribution in [3.63, 3.8) is 0 Å². The van der Waals surface area contributed by atoms with E-state index in [9.17, 15) is 0 Å². The van der Waals surface area contributed by atoms with Crippen LogP contribution in [0.1, 0.15) is 6.42 Å². The van der Waals surface area contributed by atoms with Gasteiger partial charge >= 0.3 is 6.72 Å². The Morgan fingerprint density at radius 3 is 2.35 bits per heavy atom. The molecule has 0 amide bonds. The molecule has 0 unspecified atom stereocenters. The fourth-order valence-corrected chi connectivity index (χ4v) is 1.88. The number of rotatable bonds is 6. The first-order chi connectivity index (χ1) is 7.79. The number of alkyl halides is 2. The molecule has 0 atom stereocenters. The molecule has 4 nitrogen and oxygen atoms in total. The number of hydrogen-bond donors (Lipinski definition) is 2. The maximum absolute atomic E-state index is 8.84. The molecule has 1 aromatic carbocycles. The van der Waals surface area contributed by atoms with Crippen LogP contribution in [0.5, 0.6) is 5.75 Å². The van der Waals surface area contributed by atoms with Crippen molar-refractivity contribution < 1.29 is 19.0 Å². The lowest BCUT2D eigenvalue weighted by Crippen LogP contribution is -2.23. The van der Waals surface area contributed by atoms with Gasteiger partial charge < -0.3 is 19.0 Å². The van der Waals surface area contributed by atoms with Crippen LogP contribution < -0.4 is 4.74 Å². The van der Waals surface area contributed by atoms with Crippen molar-refractivity contribution in [3.05, 3.63) is 30.3 Å². The minimum atomic E-state index is -3.67. The van der Waals surface area contributed by atoms with Crippen LogP contribution in [0.15, 0.2) is 30.3 Å². The highest BCUT2D eigenvalue weighted by molar-refractivity contribution is 8.06. The van der Waals surface area contributed by atoms with Crippen LogP contribution in [-0.4, -0.2) is 20.9 Å². The molecule has 0 radical (unpaired) electrons. The molecule has 96 valence electrons. The molecule has 0 saturated carbocycles. The lowest BCUT2D eigenvalue weighted by atomic mass is 10.3. The van der Waals surface area contributed by atoms with Crippen LogP contribution in [-0.2, 0) is 16.3 Å². The minimum Gasteiger partial charge on any atom is -0.458 e. The van der Waals surface area contributed by atoms with Crippen molar-refractivity contribution in [3.8, 4) is 5.75 Å². The molecule has 0 aliphatic heterocycles. The summed E-state index contributed by atoms with van der Waals surface area (Å²) in [6.45, 7) is -3.78. The second-order valence-electron chi connectivity index (χ2n) is 3.13. The van der Waals surface area contributed by atoms with E-state index >= 15 is 0 Å². The Kier molecular flexibility index (Phi) is 5.67. The van der Waals surface area contributed by atoms with E-state index in [-0.39, 0.29) is 13.0 Å². The van der Waals surface area contributed by atoms with Gasteiger partial charge in [0.15, 0.2) is 0 Å². The van der Waals surface area contributed by atoms with Gasteiger partial charge in [0.25, 0.3) is 4.52 Å². The average molecular weight is 317 g/mol. The van der Waals surface area contributed by atoms with Crippen molar-refractivity contribution in [2.24, 2.45) is 0 Å². The first kappa shape index (κ1) is 15.2. The van der Waals surface area contributed by atoms with Gasteiger partial charge in [-0.25, -0.2) is 0 Å². The number of para-hydroxylation sites is 1. The fraction of sp³-hybridized carbons (Fsp3) is 0.333. The van der Waals surface area contributed by atoms with Crippen LogP contribution >= 0.6 is 29.9 Å². The smallest absolute Gasteiger partial charge is 0.321 e. The SMILES string of the molecule is OP(O)(=S)OCCC(Cl)(Cl)Oc1ccccc1. The lowest BCUT2D eigenvalue weighted by molar-refractivity contribution is 0.179. The summed E-state index contributed by atoms with van der Waals surface area (Å²) in [7, 11) is 0. The van der Waals surface area contributed by atoms with Gasteiger partial charge in [-0.1, -0.05) is 41.4 Å². The molecule has 0 fully saturated rings. The van der Waals surface area contributed by atoms with Gasteiger partial charge in [0, 0.05) is 6.42 Å². The van der Waals surface area contributed by atoms with Crippen LogP contribution in [0.25, 0.3) is 0 Å². The Labute approximate surface area is 114 Å². The molecule has 17 heavy (non-hydrogen) atoms. The first-order valence-corrected chi connectivity index (χ1v) is 7.99. The van der Waals surface area contributed by atoms with Gasteiger partial charge in [-0.15, -0.1) is 0 Å². The average Bonchev–Trinajstić information content (AvgIpc) is 2.15. The molecule has 0 heterocycles. The molecule has 0 aliphatic rings. The van der Waals surface area contributed by atoms with Gasteiger partial charge in [0.1, 0.15) is 5.75 Å². The standard InChI is InChI=1S/C9H11Cl2O4PS/c10-9(11,6-7-14-16(12,13)17)15-8-4-2-1-3-5-8/h1-5H,6-7H2,(H2,12,13,17). The molecular formula is C9H11Cl2O4PS. The van der Waals surface area contributed by atoms with E-state index in [1.165, 1.54) is 0 Å². The highest BCUT2D eigenvalue weighted by Gasteiger charge is 2.27. The predicted octanol–water partition coefficient (Wildman–Crippen LogP) is 2.81. The minimum absolute atomic E-state index is 0.0461. The summed E-state index contributed by atoms with van der Waals surface area (Å²) in [6, 6.07) is 8.77. The molecule has 0 bridgehead atoms. The second kappa shape index (κ2) is 6.34. The van der Waals surface area contributed by atoms with E-state index < -0.39 is 11.2 Å². The Morgan fingerprint density at radius 2 is 1.82 bits per heavy atom. The van der Waals surface area contributed by atoms with Crippen molar-refractivity contribution in [2.75, 3.05) is 6.61 Å². The number of hydrogen-bond acceptors (Lipinski definition) is 3. The summed E-state index contributed by atoms with van der Waals surface area (Å²) < 4.78 is 8.37. The fourth-order valence-electron chi connectivity index (χ4n) is 0.995. The normalized spacial score (nSPS) is 12.5. The van der Waals surface area contributed by atoms with E-state index in [2.05, 4.69) is 16.3 Å². The third-order valence-electron chi connectivity index (χ3n) is 1.66. The van der Waals surface area contributed by atoms with Crippen molar-refractivity contribution >= 4 is 41.7 Å². The van der Waals surface area contributed by atoms with Crippen LogP contribution in [0.4, 0.5) is 0 Å². The van der Waals surface area contributed by atoms with Crippen molar-refractivity contribution in [2.45, 2.75) is 10.9 Å². The summed E-state index contributed by atoms with van der Waals surface area (Å²) in [6.07, 6.45) is 0.0461. The second-order valence-corrected chi connectivity index (χ2v) is 7.21. The van der Waals surface area contributed by atoms with Gasteiger partial charge in [-0.2, -0.15) is 0 Å². The third kappa shape index (κ3) is 7.21. The number of ether oxygens (including phenoxy) is 1. The zero-order valence-corrected chi connectivity index (χ0v) is 11.8. The zero-order valence-electron chi connectivity index (χ0n) is 8.62. The van der Waals surface area contributed by atoms with Crippen LogP contribution in [0, 0.1) is 0 Å². The van der Waals surface area contributed by atoms with Crippen LogP contribution in [0.3, 0.4) is 0 Å². The predicted molar refractivity (Wildman–Crippen MR) is 70.8 cm³/mol. The van der Waals surface area contributed by atoms with Gasteiger partial charge in [-0.05, 0) is 23.9 Å². The molecule has 2 N–H and O–H groups in total. The number of halogens is 2. The molecular weight excluding hydrogens is 306 g/mol. The summed E-state index contributed by atoms with van der Waals surface area (Å²) in [5, 5.41) is 0. The number of benzene rings is 1. The summed E-state index contributed by atoms with van der Waals surface area (Å²) in [5.74, 6) is 0.505. The molecule has 0 spiro atoms. The summed E-state index contributed by atoms with van der Waals surface area (Å²) >= 11 is 16.0. The molecule has 8 heteroatoms. The molecule has 1 aromatic rings. The largest absolute Gasteiger partial charge is 0.458 e. The topological polar surface area (TPSA) is 58.9 Å². The monoisotopic (exact) mass is 316 g/mol. The molecule has 0 aliphatic carbocycles. The van der Waals surface area contributed by atoms with Crippen molar-refractivity contribution in [1.29, 1.82) is 0 Å². The summed E-state index contributed by atoms with van der Waals surface area (Å²) in [5.41, 5.74) is 0. The molecule has 0 saturated heterocycles. The molecule has 0 aromatic heterocycles. The Balaban J connectivity index is 2.44. The lowest BCUT2D eigenvalue weighted by Gasteiger charge is -2.21. The van der Waals surface area contributed by atoms with E-state index in [0.29, 0.717) is 5.75 Å². The first-order valence-electron chi connectivity index (χ1n) is 4.60. The van der Waals surface area contributed by atoms with Gasteiger partial charge in [-0.3, -0.25) is 0 Å². The van der Waals surface area contributed by atoms with Gasteiger partial charge in [0.05, 0.1) is 6.61 Å². The van der Waals surface area contributed by atoms with E-state index in [1.54, 1.807) is 24.3 Å². The molecule has 1 rings (SSSR count). The maximum Gasteiger partial charge on any atom is 0.321 e. The zero-order chi connectivity index (χ0) is 12.9. The van der Waals surface area contributed by atoms with Crippen molar-refractivity contribution in [1.82, 2.24) is 0 Å². The quantitative estimate of drug-likeness (QED) is 0.624. The Morgan fingerprint density at radius 1 is 1.24 bits per heavy atom. The van der Waals surface area contributed by atoms with E-state index in [1.807, 2.05) is 6.07 Å². The van der Waals surface area contributed by atoms with Gasteiger partial charge in [0.2, 0.25) is 0 Å². The van der Waals surface area contributed by atoms with Crippen LogP contribution in [0.2, 0.25) is 0 Å².